The second-order valence-corrected chi connectivity index (χ2v) is 12.9. The van der Waals surface area contributed by atoms with E-state index < -0.39 is 0 Å². The molecule has 51 heavy (non-hydrogen) atoms. The van der Waals surface area contributed by atoms with Gasteiger partial charge in [-0.1, -0.05) is 109 Å². The van der Waals surface area contributed by atoms with E-state index in [0.29, 0.717) is 0 Å². The number of hydrogen-bond donors (Lipinski definition) is 2. The maximum absolute atomic E-state index is 6.48. The van der Waals surface area contributed by atoms with Crippen molar-refractivity contribution in [3.63, 3.8) is 0 Å². The Kier molecular flexibility index (Phi) is 6.42. The van der Waals surface area contributed by atoms with E-state index in [2.05, 4.69) is 171 Å². The summed E-state index contributed by atoms with van der Waals surface area (Å²) in [5, 5.41) is 7.16. The van der Waals surface area contributed by atoms with Crippen LogP contribution in [0.5, 0.6) is 0 Å². The molecule has 0 aliphatic heterocycles. The van der Waals surface area contributed by atoms with Crippen molar-refractivity contribution in [3.8, 4) is 17.1 Å². The number of hydrogen-bond acceptors (Lipinski definition) is 2. The van der Waals surface area contributed by atoms with Crippen LogP contribution in [0.25, 0.3) is 88.1 Å². The minimum atomic E-state index is 0.824. The molecule has 0 aliphatic carbocycles. The quantitative estimate of drug-likeness (QED) is 0.181. The van der Waals surface area contributed by atoms with E-state index in [0.717, 1.165) is 61.3 Å². The van der Waals surface area contributed by atoms with Gasteiger partial charge >= 0.3 is 0 Å². The molecular formula is C46H33N5. The van der Waals surface area contributed by atoms with Crippen LogP contribution in [0.2, 0.25) is 0 Å². The fraction of sp³-hybridized carbons (Fsp3) is 0. The summed E-state index contributed by atoms with van der Waals surface area (Å²) in [5.41, 5.74) is 24.2. The van der Waals surface area contributed by atoms with E-state index in [9.17, 15) is 0 Å². The number of benzene rings is 7. The Labute approximate surface area is 294 Å². The molecule has 10 rings (SSSR count). The highest BCUT2D eigenvalue weighted by Gasteiger charge is 2.27. The van der Waals surface area contributed by atoms with Gasteiger partial charge in [0.1, 0.15) is 0 Å². The molecular weight excluding hydrogens is 623 g/mol. The molecule has 10 aromatic rings. The van der Waals surface area contributed by atoms with Crippen LogP contribution < -0.4 is 11.5 Å². The topological polar surface area (TPSA) is 66.8 Å². The number of fused-ring (bicyclic) bond motifs is 9. The predicted molar refractivity (Wildman–Crippen MR) is 215 cm³/mol. The van der Waals surface area contributed by atoms with Crippen molar-refractivity contribution < 1.29 is 0 Å². The van der Waals surface area contributed by atoms with E-state index in [1.165, 1.54) is 32.3 Å². The van der Waals surface area contributed by atoms with Crippen molar-refractivity contribution in [2.45, 2.75) is 0 Å². The molecule has 0 fully saturated rings. The van der Waals surface area contributed by atoms with Gasteiger partial charge in [-0.15, -0.1) is 0 Å². The van der Waals surface area contributed by atoms with Crippen molar-refractivity contribution in [3.05, 3.63) is 182 Å². The number of para-hydroxylation sites is 6. The van der Waals surface area contributed by atoms with Gasteiger partial charge in [-0.3, -0.25) is 0 Å². The highest BCUT2D eigenvalue weighted by atomic mass is 15.1. The smallest absolute Gasteiger partial charge is 0.0953 e. The van der Waals surface area contributed by atoms with Gasteiger partial charge in [-0.2, -0.15) is 0 Å². The van der Waals surface area contributed by atoms with Gasteiger partial charge in [0.05, 0.1) is 50.2 Å². The van der Waals surface area contributed by atoms with Crippen LogP contribution >= 0.6 is 0 Å². The highest BCUT2D eigenvalue weighted by molar-refractivity contribution is 6.14. The Morgan fingerprint density at radius 1 is 0.373 bits per heavy atom. The van der Waals surface area contributed by atoms with Crippen LogP contribution in [0.1, 0.15) is 5.56 Å². The van der Waals surface area contributed by atoms with E-state index in [1.807, 2.05) is 6.08 Å². The minimum absolute atomic E-state index is 0.824. The third-order valence-corrected chi connectivity index (χ3v) is 10.3. The summed E-state index contributed by atoms with van der Waals surface area (Å²) >= 11 is 0. The lowest BCUT2D eigenvalue weighted by atomic mass is 10.00. The third-order valence-electron chi connectivity index (χ3n) is 10.3. The van der Waals surface area contributed by atoms with Gasteiger partial charge in [0.25, 0.3) is 0 Å². The van der Waals surface area contributed by atoms with E-state index in [4.69, 9.17) is 11.5 Å². The minimum Gasteiger partial charge on any atom is -0.405 e. The average Bonchev–Trinajstić information content (AvgIpc) is 3.82. The SMILES string of the molecule is N/C=C\C(=C/N)c1ccc(-n2c3ccccc3c3ccccc32)c(-n2c3ccccc3c3ccccc32)c1-n1c2ccccc2c2ccccc21. The second-order valence-electron chi connectivity index (χ2n) is 12.9. The first-order valence-corrected chi connectivity index (χ1v) is 17.2. The van der Waals surface area contributed by atoms with E-state index in [1.54, 1.807) is 12.4 Å². The van der Waals surface area contributed by atoms with Crippen molar-refractivity contribution in [1.82, 2.24) is 13.7 Å². The fourth-order valence-electron chi connectivity index (χ4n) is 8.28. The number of allylic oxidation sites excluding steroid dienone is 2. The molecule has 0 radical (unpaired) electrons. The Hall–Kier alpha value is -6.98. The zero-order valence-electron chi connectivity index (χ0n) is 27.7. The molecule has 3 heterocycles. The van der Waals surface area contributed by atoms with Crippen LogP contribution in [-0.2, 0) is 0 Å². The molecule has 5 heteroatoms. The van der Waals surface area contributed by atoms with Crippen LogP contribution in [-0.4, -0.2) is 13.7 Å². The molecule has 0 saturated heterocycles. The first kappa shape index (κ1) is 29.0. The largest absolute Gasteiger partial charge is 0.405 e. The average molecular weight is 656 g/mol. The normalized spacial score (nSPS) is 12.5. The van der Waals surface area contributed by atoms with Gasteiger partial charge in [-0.05, 0) is 60.8 Å². The molecule has 0 aliphatic rings. The first-order valence-electron chi connectivity index (χ1n) is 17.2. The number of nitrogens with zero attached hydrogens (tertiary/aromatic N) is 3. The van der Waals surface area contributed by atoms with Crippen molar-refractivity contribution >= 4 is 71.0 Å². The molecule has 242 valence electrons. The Bertz CT molecular complexity index is 2900. The first-order chi connectivity index (χ1) is 25.3. The van der Waals surface area contributed by atoms with Crippen LogP contribution in [0.15, 0.2) is 176 Å². The standard InChI is InChI=1S/C46H33N5/c47-28-27-30(29-48)31-25-26-44(49-38-19-7-1-13-32(38)33-14-2-8-20-39(33)49)46(51-42-23-11-5-17-36(42)37-18-6-12-24-43(37)51)45(31)50-40-21-9-3-15-34(40)35-16-4-10-22-41(35)50/h1-29H,47-48H2/b28-27-,30-29+. The molecule has 0 saturated carbocycles. The maximum atomic E-state index is 6.48. The summed E-state index contributed by atoms with van der Waals surface area (Å²) in [6.45, 7) is 0. The van der Waals surface area contributed by atoms with Crippen molar-refractivity contribution in [2.24, 2.45) is 11.5 Å². The Balaban J connectivity index is 1.52. The van der Waals surface area contributed by atoms with E-state index >= 15 is 0 Å². The van der Waals surface area contributed by atoms with Crippen LogP contribution in [0.3, 0.4) is 0 Å². The van der Waals surface area contributed by atoms with Gasteiger partial charge in [0.15, 0.2) is 0 Å². The zero-order valence-corrected chi connectivity index (χ0v) is 27.7. The zero-order chi connectivity index (χ0) is 34.1. The van der Waals surface area contributed by atoms with Crippen LogP contribution in [0, 0.1) is 0 Å². The molecule has 3 aromatic heterocycles. The maximum Gasteiger partial charge on any atom is 0.0953 e. The van der Waals surface area contributed by atoms with Crippen molar-refractivity contribution in [1.29, 1.82) is 0 Å². The van der Waals surface area contributed by atoms with Gasteiger partial charge in [0, 0.05) is 49.7 Å². The lowest BCUT2D eigenvalue weighted by molar-refractivity contribution is 1.05. The molecule has 4 N–H and O–H groups in total. The summed E-state index contributed by atoms with van der Waals surface area (Å²) in [7, 11) is 0. The Morgan fingerprint density at radius 2 is 0.706 bits per heavy atom. The predicted octanol–water partition coefficient (Wildman–Crippen LogP) is 10.7. The van der Waals surface area contributed by atoms with Gasteiger partial charge in [0.2, 0.25) is 0 Å². The molecule has 0 spiro atoms. The number of rotatable bonds is 5. The summed E-state index contributed by atoms with van der Waals surface area (Å²) in [5.74, 6) is 0. The molecule has 0 atom stereocenters. The number of aromatic nitrogens is 3. The fourth-order valence-corrected chi connectivity index (χ4v) is 8.28. The summed E-state index contributed by atoms with van der Waals surface area (Å²) in [6, 6.07) is 56.6. The second kappa shape index (κ2) is 11.3. The lowest BCUT2D eigenvalue weighted by Gasteiger charge is -2.25. The van der Waals surface area contributed by atoms with E-state index in [-0.39, 0.29) is 0 Å². The summed E-state index contributed by atoms with van der Waals surface area (Å²) < 4.78 is 7.30. The molecule has 0 bridgehead atoms. The number of nitrogens with two attached hydrogens (primary N) is 2. The van der Waals surface area contributed by atoms with Gasteiger partial charge < -0.3 is 25.2 Å². The lowest BCUT2D eigenvalue weighted by Crippen LogP contribution is -2.12. The summed E-state index contributed by atoms with van der Waals surface area (Å²) in [6.07, 6.45) is 5.11. The third kappa shape index (κ3) is 4.09. The molecule has 0 unspecified atom stereocenters. The molecule has 0 amide bonds. The Morgan fingerprint density at radius 3 is 1.06 bits per heavy atom. The van der Waals surface area contributed by atoms with Gasteiger partial charge in [-0.25, -0.2) is 0 Å². The van der Waals surface area contributed by atoms with Crippen LogP contribution in [0.4, 0.5) is 0 Å². The monoisotopic (exact) mass is 655 g/mol. The molecule has 7 aromatic carbocycles. The summed E-state index contributed by atoms with van der Waals surface area (Å²) in [4.78, 5) is 0. The highest BCUT2D eigenvalue weighted by Crippen LogP contribution is 2.45. The van der Waals surface area contributed by atoms with Crippen molar-refractivity contribution in [2.75, 3.05) is 0 Å². The molecule has 5 nitrogen and oxygen atoms in total.